The van der Waals surface area contributed by atoms with Gasteiger partial charge in [-0.3, -0.25) is 14.6 Å². The molecule has 0 spiro atoms. The summed E-state index contributed by atoms with van der Waals surface area (Å²) in [6.45, 7) is 2.57. The summed E-state index contributed by atoms with van der Waals surface area (Å²) < 4.78 is 20.0. The van der Waals surface area contributed by atoms with Gasteiger partial charge in [0.15, 0.2) is 11.0 Å². The number of nitrogens with one attached hydrogen (secondary N) is 3. The fraction of sp³-hybridized carbons (Fsp3) is 0.419. The lowest BCUT2D eigenvalue weighted by Crippen LogP contribution is -2.51. The number of thiazole rings is 1. The summed E-state index contributed by atoms with van der Waals surface area (Å²) in [5.74, 6) is -0.544. The molecule has 0 bridgehead atoms. The first-order chi connectivity index (χ1) is 21.3. The molecule has 0 saturated heterocycles. The summed E-state index contributed by atoms with van der Waals surface area (Å²) in [5, 5.41) is 19.6. The van der Waals surface area contributed by atoms with Gasteiger partial charge in [0.1, 0.15) is 18.1 Å². The summed E-state index contributed by atoms with van der Waals surface area (Å²) in [5.41, 5.74) is 2.65. The predicted molar refractivity (Wildman–Crippen MR) is 163 cm³/mol. The molecule has 0 radical (unpaired) electrons. The van der Waals surface area contributed by atoms with E-state index in [-0.39, 0.29) is 42.3 Å². The van der Waals surface area contributed by atoms with Gasteiger partial charge in [0.25, 0.3) is 5.91 Å². The highest BCUT2D eigenvalue weighted by molar-refractivity contribution is 7.22. The first kappa shape index (κ1) is 30.1. The highest BCUT2D eigenvalue weighted by atomic mass is 32.1. The Labute approximate surface area is 257 Å². The number of ether oxygens (including phenoxy) is 1. The molecule has 11 nitrogen and oxygen atoms in total. The van der Waals surface area contributed by atoms with Gasteiger partial charge in [0, 0.05) is 54.8 Å². The number of carbonyl (C=O) groups is 2. The van der Waals surface area contributed by atoms with Crippen molar-refractivity contribution < 1.29 is 23.8 Å². The molecule has 3 aromatic heterocycles. The Hall–Kier alpha value is -3.91. The molecule has 6 rings (SSSR count). The number of amides is 2. The average Bonchev–Trinajstić information content (AvgIpc) is 3.60. The Balaban J connectivity index is 0.957. The van der Waals surface area contributed by atoms with Crippen LogP contribution in [0.3, 0.4) is 0 Å². The van der Waals surface area contributed by atoms with Crippen LogP contribution in [0, 0.1) is 11.7 Å². The number of fused-ring (bicyclic) bond motifs is 1. The zero-order valence-electron chi connectivity index (χ0n) is 24.2. The van der Waals surface area contributed by atoms with E-state index in [1.54, 1.807) is 12.4 Å². The minimum absolute atomic E-state index is 0.0270. The SMILES string of the molecule is C[C@@H](CNC(=O)c1cc(F)ccn1)NC1CC(C(=O)Nc2nc3ccc(-c4cnc(CO[C@H]5CCC[C@@H]5O)nc4)cc3s2)C1. The molecule has 2 aliphatic carbocycles. The summed E-state index contributed by atoms with van der Waals surface area (Å²) in [6.07, 6.45) is 8.21. The normalized spacial score (nSPS) is 22.0. The summed E-state index contributed by atoms with van der Waals surface area (Å²) in [4.78, 5) is 42.4. The average molecular weight is 620 g/mol. The number of hydrogen-bond donors (Lipinski definition) is 4. The molecule has 1 aromatic carbocycles. The predicted octanol–water partition coefficient (Wildman–Crippen LogP) is 3.84. The van der Waals surface area contributed by atoms with Gasteiger partial charge in [-0.2, -0.15) is 0 Å². The van der Waals surface area contributed by atoms with Crippen LogP contribution in [-0.2, 0) is 16.1 Å². The maximum atomic E-state index is 13.3. The van der Waals surface area contributed by atoms with Gasteiger partial charge >= 0.3 is 0 Å². The number of rotatable bonds is 11. The van der Waals surface area contributed by atoms with Crippen molar-refractivity contribution >= 4 is 38.5 Å². The smallest absolute Gasteiger partial charge is 0.270 e. The molecule has 230 valence electrons. The first-order valence-corrected chi connectivity index (χ1v) is 15.6. The Morgan fingerprint density at radius 3 is 2.68 bits per heavy atom. The van der Waals surface area contributed by atoms with Crippen LogP contribution in [0.2, 0.25) is 0 Å². The Morgan fingerprint density at radius 1 is 1.11 bits per heavy atom. The van der Waals surface area contributed by atoms with Crippen molar-refractivity contribution in [2.24, 2.45) is 5.92 Å². The highest BCUT2D eigenvalue weighted by Gasteiger charge is 2.35. The third-order valence-electron chi connectivity index (χ3n) is 8.05. The molecule has 0 aliphatic heterocycles. The maximum Gasteiger partial charge on any atom is 0.270 e. The van der Waals surface area contributed by atoms with E-state index in [0.717, 1.165) is 46.7 Å². The van der Waals surface area contributed by atoms with Gasteiger partial charge in [0.05, 0.1) is 22.4 Å². The minimum Gasteiger partial charge on any atom is -0.390 e. The van der Waals surface area contributed by atoms with Crippen LogP contribution < -0.4 is 16.0 Å². The number of aromatic nitrogens is 4. The number of aliphatic hydroxyl groups is 1. The van der Waals surface area contributed by atoms with Gasteiger partial charge in [0.2, 0.25) is 5.91 Å². The molecular formula is C31H34FN7O4S. The van der Waals surface area contributed by atoms with Crippen LogP contribution in [0.15, 0.2) is 48.9 Å². The lowest BCUT2D eigenvalue weighted by atomic mass is 9.79. The fourth-order valence-electron chi connectivity index (χ4n) is 5.52. The van der Waals surface area contributed by atoms with Crippen molar-refractivity contribution in [3.63, 3.8) is 0 Å². The van der Waals surface area contributed by atoms with Crippen molar-refractivity contribution in [2.75, 3.05) is 11.9 Å². The zero-order chi connectivity index (χ0) is 30.6. The summed E-state index contributed by atoms with van der Waals surface area (Å²) in [6, 6.07) is 8.32. The summed E-state index contributed by atoms with van der Waals surface area (Å²) in [7, 11) is 0. The fourth-order valence-corrected chi connectivity index (χ4v) is 6.43. The van der Waals surface area contributed by atoms with Crippen LogP contribution >= 0.6 is 11.3 Å². The minimum atomic E-state index is -0.508. The zero-order valence-corrected chi connectivity index (χ0v) is 25.0. The molecule has 2 amide bonds. The number of nitrogens with zero attached hydrogens (tertiary/aromatic N) is 4. The van der Waals surface area contributed by atoms with E-state index in [9.17, 15) is 19.1 Å². The topological polar surface area (TPSA) is 151 Å². The molecule has 3 heterocycles. The van der Waals surface area contributed by atoms with E-state index in [0.29, 0.717) is 30.3 Å². The largest absolute Gasteiger partial charge is 0.390 e. The highest BCUT2D eigenvalue weighted by Crippen LogP contribution is 2.33. The van der Waals surface area contributed by atoms with Crippen LogP contribution in [-0.4, -0.2) is 67.7 Å². The molecule has 2 fully saturated rings. The molecule has 4 N–H and O–H groups in total. The van der Waals surface area contributed by atoms with E-state index in [1.165, 1.54) is 23.6 Å². The first-order valence-electron chi connectivity index (χ1n) is 14.8. The maximum absolute atomic E-state index is 13.3. The number of aliphatic hydroxyl groups excluding tert-OH is 1. The van der Waals surface area contributed by atoms with Crippen molar-refractivity contribution in [3.8, 4) is 11.1 Å². The van der Waals surface area contributed by atoms with E-state index in [1.807, 2.05) is 25.1 Å². The standard InChI is InChI=1S/C31H34FN7O4S/c1-17(13-36-30(42)24-12-21(32)7-8-33-24)37-22-9-19(10-22)29(41)39-31-38-23-6-5-18(11-27(23)44-31)20-14-34-28(35-15-20)16-43-26-4-2-3-25(26)40/h5-8,11-12,14-15,17,19,22,25-26,37,40H,2-4,9-10,13,16H2,1H3,(H,36,42)(H,38,39,41)/t17-,19?,22?,25-,26-/m0/s1. The quantitative estimate of drug-likeness (QED) is 0.196. The molecule has 0 unspecified atom stereocenters. The number of carbonyl (C=O) groups excluding carboxylic acids is 2. The summed E-state index contributed by atoms with van der Waals surface area (Å²) >= 11 is 1.42. The van der Waals surface area contributed by atoms with Gasteiger partial charge in [-0.1, -0.05) is 17.4 Å². The molecule has 2 saturated carbocycles. The van der Waals surface area contributed by atoms with Crippen LogP contribution in [0.5, 0.6) is 0 Å². The monoisotopic (exact) mass is 619 g/mol. The number of pyridine rings is 1. The molecule has 4 aromatic rings. The van der Waals surface area contributed by atoms with E-state index in [2.05, 4.69) is 35.9 Å². The van der Waals surface area contributed by atoms with Gasteiger partial charge in [-0.25, -0.2) is 19.3 Å². The van der Waals surface area contributed by atoms with Crippen LogP contribution in [0.1, 0.15) is 55.3 Å². The van der Waals surface area contributed by atoms with Crippen LogP contribution in [0.4, 0.5) is 9.52 Å². The second-order valence-corrected chi connectivity index (χ2v) is 12.5. The van der Waals surface area contributed by atoms with E-state index >= 15 is 0 Å². The van der Waals surface area contributed by atoms with Gasteiger partial charge in [-0.15, -0.1) is 0 Å². The van der Waals surface area contributed by atoms with Crippen molar-refractivity contribution in [1.29, 1.82) is 0 Å². The Kier molecular flexibility index (Phi) is 9.17. The Bertz CT molecular complexity index is 1630. The van der Waals surface area contributed by atoms with Crippen molar-refractivity contribution in [3.05, 3.63) is 66.3 Å². The number of hydrogen-bond acceptors (Lipinski definition) is 10. The second kappa shape index (κ2) is 13.4. The lowest BCUT2D eigenvalue weighted by Gasteiger charge is -2.36. The third kappa shape index (κ3) is 7.24. The third-order valence-corrected chi connectivity index (χ3v) is 8.99. The van der Waals surface area contributed by atoms with Gasteiger partial charge < -0.3 is 25.8 Å². The lowest BCUT2D eigenvalue weighted by molar-refractivity contribution is -0.123. The molecule has 2 aliphatic rings. The number of anilines is 1. The Morgan fingerprint density at radius 2 is 1.93 bits per heavy atom. The molecule has 13 heteroatoms. The number of benzene rings is 1. The number of halogens is 1. The van der Waals surface area contributed by atoms with E-state index < -0.39 is 17.8 Å². The van der Waals surface area contributed by atoms with Crippen molar-refractivity contribution in [1.82, 2.24) is 30.6 Å². The second-order valence-electron chi connectivity index (χ2n) is 11.4. The van der Waals surface area contributed by atoms with Crippen molar-refractivity contribution in [2.45, 2.75) is 69.9 Å². The molecule has 44 heavy (non-hydrogen) atoms. The van der Waals surface area contributed by atoms with E-state index in [4.69, 9.17) is 4.74 Å². The molecule has 3 atom stereocenters. The van der Waals surface area contributed by atoms with Gasteiger partial charge in [-0.05, 0) is 62.8 Å². The van der Waals surface area contributed by atoms with Crippen LogP contribution in [0.25, 0.3) is 21.3 Å². The molecular weight excluding hydrogens is 585 g/mol.